The third-order valence-corrected chi connectivity index (χ3v) is 5.79. The van der Waals surface area contributed by atoms with E-state index in [9.17, 15) is 0 Å². The molecule has 0 saturated carbocycles. The van der Waals surface area contributed by atoms with Crippen molar-refractivity contribution in [3.05, 3.63) is 64.2 Å². The normalized spacial score (nSPS) is 16.4. The van der Waals surface area contributed by atoms with Gasteiger partial charge in [0.15, 0.2) is 0 Å². The fraction of sp³-hybridized carbons (Fsp3) is 0.333. The van der Waals surface area contributed by atoms with E-state index < -0.39 is 0 Å². The molecule has 0 bridgehead atoms. The van der Waals surface area contributed by atoms with Gasteiger partial charge in [-0.1, -0.05) is 41.8 Å². The maximum atomic E-state index is 6.07. The lowest BCUT2D eigenvalue weighted by atomic mass is 9.87. The Balaban J connectivity index is 1.67. The van der Waals surface area contributed by atoms with E-state index in [1.807, 2.05) is 23.9 Å². The van der Waals surface area contributed by atoms with Crippen molar-refractivity contribution >= 4 is 23.4 Å². The van der Waals surface area contributed by atoms with Crippen LogP contribution in [0.1, 0.15) is 35.6 Å². The van der Waals surface area contributed by atoms with Gasteiger partial charge in [0.05, 0.1) is 6.54 Å². The number of hydrogen-bond donors (Lipinski definition) is 1. The van der Waals surface area contributed by atoms with Crippen LogP contribution in [-0.4, -0.2) is 12.3 Å². The van der Waals surface area contributed by atoms with Gasteiger partial charge in [0.25, 0.3) is 0 Å². The van der Waals surface area contributed by atoms with Crippen molar-refractivity contribution < 1.29 is 0 Å². The smallest absolute Gasteiger partial charge is 0.0578 e. The first kappa shape index (κ1) is 17.4. The van der Waals surface area contributed by atoms with Crippen LogP contribution in [0.2, 0.25) is 5.02 Å². The Bertz CT molecular complexity index is 735. The lowest BCUT2D eigenvalue weighted by Crippen LogP contribution is -2.25. The molecule has 0 saturated heterocycles. The number of hydrogen-bond acceptors (Lipinski definition) is 2. The summed E-state index contributed by atoms with van der Waals surface area (Å²) in [5.74, 6) is 3.76. The van der Waals surface area contributed by atoms with Crippen molar-refractivity contribution in [1.82, 2.24) is 5.32 Å². The van der Waals surface area contributed by atoms with Crippen molar-refractivity contribution in [2.24, 2.45) is 0 Å². The number of halogens is 1. The highest BCUT2D eigenvalue weighted by molar-refractivity contribution is 7.99. The first-order chi connectivity index (χ1) is 11.8. The molecular weight excluding hydrogens is 334 g/mol. The molecule has 1 unspecified atom stereocenters. The van der Waals surface area contributed by atoms with Crippen LogP contribution in [0.15, 0.2) is 47.4 Å². The molecule has 0 fully saturated rings. The standard InChI is InChI=1S/C21H22ClNS/c1-2-13-23-20-10-4-9-19-18(20)8-5-11-21(19)24-14-12-16-6-3-7-17(22)15-16/h1,3,5-8,11,15,20,23H,4,9-10,12-14H2. The minimum atomic E-state index is 0.401. The maximum absolute atomic E-state index is 6.07. The summed E-state index contributed by atoms with van der Waals surface area (Å²) in [7, 11) is 0. The van der Waals surface area contributed by atoms with Crippen LogP contribution in [0.25, 0.3) is 0 Å². The number of terminal acetylenes is 1. The van der Waals surface area contributed by atoms with E-state index in [0.29, 0.717) is 12.6 Å². The summed E-state index contributed by atoms with van der Waals surface area (Å²) < 4.78 is 0. The third-order valence-electron chi connectivity index (χ3n) is 4.45. The topological polar surface area (TPSA) is 12.0 Å². The second-order valence-electron chi connectivity index (χ2n) is 6.08. The quantitative estimate of drug-likeness (QED) is 0.559. The lowest BCUT2D eigenvalue weighted by Gasteiger charge is -2.27. The van der Waals surface area contributed by atoms with Crippen LogP contribution in [0.4, 0.5) is 0 Å². The molecule has 0 radical (unpaired) electrons. The molecule has 0 aliphatic heterocycles. The average molecular weight is 356 g/mol. The number of benzene rings is 2. The summed E-state index contributed by atoms with van der Waals surface area (Å²) in [4.78, 5) is 1.42. The Morgan fingerprint density at radius 3 is 2.96 bits per heavy atom. The van der Waals surface area contributed by atoms with Crippen LogP contribution < -0.4 is 5.32 Å². The van der Waals surface area contributed by atoms with E-state index in [4.69, 9.17) is 18.0 Å². The van der Waals surface area contributed by atoms with E-state index in [1.54, 1.807) is 0 Å². The summed E-state index contributed by atoms with van der Waals surface area (Å²) in [5.41, 5.74) is 4.24. The zero-order chi connectivity index (χ0) is 16.8. The molecular formula is C21H22ClNS. The van der Waals surface area contributed by atoms with E-state index in [-0.39, 0.29) is 0 Å². The van der Waals surface area contributed by atoms with E-state index in [2.05, 4.69) is 41.6 Å². The van der Waals surface area contributed by atoms with Crippen molar-refractivity contribution in [3.8, 4) is 12.3 Å². The third kappa shape index (κ3) is 4.36. The molecule has 0 amide bonds. The second-order valence-corrected chi connectivity index (χ2v) is 7.66. The average Bonchev–Trinajstić information content (AvgIpc) is 2.60. The predicted molar refractivity (Wildman–Crippen MR) is 105 cm³/mol. The van der Waals surface area contributed by atoms with Gasteiger partial charge >= 0.3 is 0 Å². The first-order valence-electron chi connectivity index (χ1n) is 8.44. The highest BCUT2D eigenvalue weighted by Gasteiger charge is 2.21. The molecule has 1 aliphatic carbocycles. The zero-order valence-electron chi connectivity index (χ0n) is 13.7. The minimum absolute atomic E-state index is 0.401. The maximum Gasteiger partial charge on any atom is 0.0578 e. The van der Waals surface area contributed by atoms with Crippen LogP contribution in [0.3, 0.4) is 0 Å². The molecule has 2 aromatic carbocycles. The van der Waals surface area contributed by atoms with Crippen molar-refractivity contribution in [2.45, 2.75) is 36.6 Å². The zero-order valence-corrected chi connectivity index (χ0v) is 15.3. The molecule has 0 aromatic heterocycles. The molecule has 0 spiro atoms. The fourth-order valence-electron chi connectivity index (χ4n) is 3.32. The summed E-state index contributed by atoms with van der Waals surface area (Å²) >= 11 is 8.02. The number of rotatable bonds is 6. The predicted octanol–water partition coefficient (Wildman–Crippen LogP) is 5.28. The molecule has 3 rings (SSSR count). The Kier molecular flexibility index (Phi) is 6.26. The molecule has 0 heterocycles. The highest BCUT2D eigenvalue weighted by Crippen LogP contribution is 2.36. The van der Waals surface area contributed by atoms with Gasteiger partial charge in [-0.15, -0.1) is 18.2 Å². The molecule has 24 heavy (non-hydrogen) atoms. The molecule has 124 valence electrons. The van der Waals surface area contributed by atoms with Crippen LogP contribution in [0.5, 0.6) is 0 Å². The van der Waals surface area contributed by atoms with Gasteiger partial charge in [-0.2, -0.15) is 0 Å². The van der Waals surface area contributed by atoms with Gasteiger partial charge in [0.1, 0.15) is 0 Å². The van der Waals surface area contributed by atoms with E-state index in [0.717, 1.165) is 17.2 Å². The highest BCUT2D eigenvalue weighted by atomic mass is 35.5. The molecule has 1 nitrogen and oxygen atoms in total. The second kappa shape index (κ2) is 8.62. The van der Waals surface area contributed by atoms with Crippen molar-refractivity contribution in [3.63, 3.8) is 0 Å². The minimum Gasteiger partial charge on any atom is -0.299 e. The molecule has 1 aliphatic rings. The number of fused-ring (bicyclic) bond motifs is 1. The Morgan fingerprint density at radius 2 is 2.12 bits per heavy atom. The fourth-order valence-corrected chi connectivity index (χ4v) is 4.66. The number of thioether (sulfide) groups is 1. The van der Waals surface area contributed by atoms with E-state index >= 15 is 0 Å². The SMILES string of the molecule is C#CCNC1CCCc2c(SCCc3cccc(Cl)c3)cccc21. The summed E-state index contributed by atoms with van der Waals surface area (Å²) in [6, 6.07) is 15.2. The van der Waals surface area contributed by atoms with Crippen molar-refractivity contribution in [1.29, 1.82) is 0 Å². The van der Waals surface area contributed by atoms with Gasteiger partial charge in [-0.25, -0.2) is 0 Å². The lowest BCUT2D eigenvalue weighted by molar-refractivity contribution is 0.479. The van der Waals surface area contributed by atoms with Gasteiger partial charge in [0, 0.05) is 21.7 Å². The summed E-state index contributed by atoms with van der Waals surface area (Å²) in [5, 5.41) is 4.30. The van der Waals surface area contributed by atoms with Gasteiger partial charge in [-0.3, -0.25) is 5.32 Å². The molecule has 1 N–H and O–H groups in total. The van der Waals surface area contributed by atoms with Crippen LogP contribution in [-0.2, 0) is 12.8 Å². The van der Waals surface area contributed by atoms with Crippen molar-refractivity contribution in [2.75, 3.05) is 12.3 Å². The summed E-state index contributed by atoms with van der Waals surface area (Å²) in [6.07, 6.45) is 10.0. The number of nitrogens with one attached hydrogen (secondary N) is 1. The Hall–Kier alpha value is -1.40. The summed E-state index contributed by atoms with van der Waals surface area (Å²) in [6.45, 7) is 0.635. The Morgan fingerprint density at radius 1 is 1.25 bits per heavy atom. The Labute approximate surface area is 154 Å². The monoisotopic (exact) mass is 355 g/mol. The first-order valence-corrected chi connectivity index (χ1v) is 9.80. The molecule has 3 heteroatoms. The number of aryl methyl sites for hydroxylation is 1. The molecule has 1 atom stereocenters. The van der Waals surface area contributed by atoms with Crippen LogP contribution in [0, 0.1) is 12.3 Å². The van der Waals surface area contributed by atoms with Gasteiger partial charge in [0.2, 0.25) is 0 Å². The van der Waals surface area contributed by atoms with E-state index in [1.165, 1.54) is 40.8 Å². The van der Waals surface area contributed by atoms with Crippen LogP contribution >= 0.6 is 23.4 Å². The van der Waals surface area contributed by atoms with Gasteiger partial charge in [-0.05, 0) is 60.6 Å². The largest absolute Gasteiger partial charge is 0.299 e. The molecule has 2 aromatic rings. The van der Waals surface area contributed by atoms with Gasteiger partial charge < -0.3 is 0 Å².